The van der Waals surface area contributed by atoms with Crippen LogP contribution in [0.2, 0.25) is 0 Å². The van der Waals surface area contributed by atoms with Gasteiger partial charge in [0.05, 0.1) is 7.11 Å². The Morgan fingerprint density at radius 3 is 2.35 bits per heavy atom. The van der Waals surface area contributed by atoms with E-state index in [0.29, 0.717) is 0 Å². The van der Waals surface area contributed by atoms with Crippen molar-refractivity contribution in [2.75, 3.05) is 27.2 Å². The molecule has 0 heterocycles. The van der Waals surface area contributed by atoms with E-state index < -0.39 is 0 Å². The predicted molar refractivity (Wildman–Crippen MR) is 96.4 cm³/mol. The Balaban J connectivity index is 0.00000361. The van der Waals surface area contributed by atoms with Crippen molar-refractivity contribution >= 4 is 29.9 Å². The lowest BCUT2D eigenvalue weighted by molar-refractivity contribution is 0.414. The summed E-state index contributed by atoms with van der Waals surface area (Å²) in [5, 5.41) is 6.57. The second kappa shape index (κ2) is 11.8. The molecule has 0 aliphatic heterocycles. The van der Waals surface area contributed by atoms with Gasteiger partial charge in [0.15, 0.2) is 5.96 Å². The molecule has 0 bridgehead atoms. The van der Waals surface area contributed by atoms with Gasteiger partial charge in [0, 0.05) is 20.1 Å². The highest BCUT2D eigenvalue weighted by Gasteiger charge is 1.97. The van der Waals surface area contributed by atoms with Crippen LogP contribution >= 0.6 is 24.0 Å². The quantitative estimate of drug-likeness (QED) is 0.325. The lowest BCUT2D eigenvalue weighted by Gasteiger charge is -2.11. The van der Waals surface area contributed by atoms with Gasteiger partial charge in [-0.3, -0.25) is 4.99 Å². The number of aliphatic imine (C=N–C) groups is 1. The Morgan fingerprint density at radius 2 is 1.80 bits per heavy atom. The summed E-state index contributed by atoms with van der Waals surface area (Å²) in [6, 6.07) is 8.24. The number of hydrogen-bond acceptors (Lipinski definition) is 2. The summed E-state index contributed by atoms with van der Waals surface area (Å²) in [6.45, 7) is 4.03. The van der Waals surface area contributed by atoms with Gasteiger partial charge in [-0.25, -0.2) is 0 Å². The molecule has 0 amide bonds. The second-order valence-electron chi connectivity index (χ2n) is 4.38. The van der Waals surface area contributed by atoms with Crippen LogP contribution in [0.3, 0.4) is 0 Å². The van der Waals surface area contributed by atoms with Gasteiger partial charge in [-0.15, -0.1) is 24.0 Å². The summed E-state index contributed by atoms with van der Waals surface area (Å²) in [7, 11) is 3.49. The highest BCUT2D eigenvalue weighted by molar-refractivity contribution is 14.0. The van der Waals surface area contributed by atoms with Gasteiger partial charge in [-0.05, 0) is 37.0 Å². The van der Waals surface area contributed by atoms with Crippen LogP contribution in [-0.4, -0.2) is 33.2 Å². The smallest absolute Gasteiger partial charge is 0.190 e. The van der Waals surface area contributed by atoms with Gasteiger partial charge in [-0.2, -0.15) is 0 Å². The Hall–Kier alpha value is -0.980. The third kappa shape index (κ3) is 7.57. The third-order valence-corrected chi connectivity index (χ3v) is 2.86. The van der Waals surface area contributed by atoms with Crippen molar-refractivity contribution in [3.05, 3.63) is 29.8 Å². The summed E-state index contributed by atoms with van der Waals surface area (Å²) in [5.74, 6) is 1.79. The van der Waals surface area contributed by atoms with E-state index >= 15 is 0 Å². The second-order valence-corrected chi connectivity index (χ2v) is 4.38. The predicted octanol–water partition coefficient (Wildman–Crippen LogP) is 2.82. The zero-order valence-electron chi connectivity index (χ0n) is 12.6. The van der Waals surface area contributed by atoms with Crippen molar-refractivity contribution in [1.29, 1.82) is 0 Å². The number of rotatable bonds is 7. The van der Waals surface area contributed by atoms with E-state index in [1.54, 1.807) is 14.2 Å². The van der Waals surface area contributed by atoms with Gasteiger partial charge in [0.25, 0.3) is 0 Å². The van der Waals surface area contributed by atoms with E-state index in [0.717, 1.165) is 44.1 Å². The van der Waals surface area contributed by atoms with Crippen LogP contribution in [0.25, 0.3) is 0 Å². The van der Waals surface area contributed by atoms with E-state index in [1.165, 1.54) is 5.56 Å². The van der Waals surface area contributed by atoms with E-state index in [-0.39, 0.29) is 24.0 Å². The van der Waals surface area contributed by atoms with Crippen LogP contribution in [0.15, 0.2) is 29.3 Å². The van der Waals surface area contributed by atoms with Crippen molar-refractivity contribution in [1.82, 2.24) is 10.6 Å². The molecule has 0 atom stereocenters. The number of nitrogens with zero attached hydrogens (tertiary/aromatic N) is 1. The maximum atomic E-state index is 5.14. The summed E-state index contributed by atoms with van der Waals surface area (Å²) < 4.78 is 5.14. The van der Waals surface area contributed by atoms with Crippen molar-refractivity contribution in [2.45, 2.75) is 26.2 Å². The largest absolute Gasteiger partial charge is 0.497 e. The Bertz CT molecular complexity index is 379. The van der Waals surface area contributed by atoms with Gasteiger partial charge in [0.2, 0.25) is 0 Å². The molecule has 0 unspecified atom stereocenters. The first-order chi connectivity index (χ1) is 9.30. The van der Waals surface area contributed by atoms with Crippen LogP contribution in [0, 0.1) is 0 Å². The van der Waals surface area contributed by atoms with E-state index in [9.17, 15) is 0 Å². The molecule has 0 aromatic heterocycles. The van der Waals surface area contributed by atoms with Gasteiger partial charge in [0.1, 0.15) is 5.75 Å². The minimum Gasteiger partial charge on any atom is -0.497 e. The minimum atomic E-state index is 0. The molecule has 2 N–H and O–H groups in total. The molecule has 5 heteroatoms. The van der Waals surface area contributed by atoms with Crippen molar-refractivity contribution in [3.8, 4) is 5.75 Å². The van der Waals surface area contributed by atoms with Gasteiger partial charge < -0.3 is 15.4 Å². The van der Waals surface area contributed by atoms with Crippen LogP contribution in [0.1, 0.15) is 25.3 Å². The Kier molecular flexibility index (Phi) is 11.2. The van der Waals surface area contributed by atoms with Gasteiger partial charge >= 0.3 is 0 Å². The lowest BCUT2D eigenvalue weighted by atomic mass is 10.1. The Morgan fingerprint density at radius 1 is 1.15 bits per heavy atom. The van der Waals surface area contributed by atoms with Crippen molar-refractivity contribution in [3.63, 3.8) is 0 Å². The maximum absolute atomic E-state index is 5.14. The maximum Gasteiger partial charge on any atom is 0.190 e. The normalized spacial score (nSPS) is 10.7. The molecular formula is C15H26IN3O. The summed E-state index contributed by atoms with van der Waals surface area (Å²) in [5.41, 5.74) is 1.33. The fourth-order valence-corrected chi connectivity index (χ4v) is 1.76. The van der Waals surface area contributed by atoms with Crippen molar-refractivity contribution in [2.24, 2.45) is 4.99 Å². The highest BCUT2D eigenvalue weighted by atomic mass is 127. The number of benzene rings is 1. The minimum absolute atomic E-state index is 0. The van der Waals surface area contributed by atoms with Crippen molar-refractivity contribution < 1.29 is 4.74 Å². The topological polar surface area (TPSA) is 45.7 Å². The molecule has 0 fully saturated rings. The monoisotopic (exact) mass is 391 g/mol. The fourth-order valence-electron chi connectivity index (χ4n) is 1.76. The van der Waals surface area contributed by atoms with Crippen LogP contribution < -0.4 is 15.4 Å². The number of halogens is 1. The first-order valence-electron chi connectivity index (χ1n) is 6.87. The molecule has 0 radical (unpaired) electrons. The molecule has 0 aliphatic rings. The van der Waals surface area contributed by atoms with Crippen LogP contribution in [0.5, 0.6) is 5.75 Å². The molecule has 1 aromatic carbocycles. The lowest BCUT2D eigenvalue weighted by Crippen LogP contribution is -2.38. The summed E-state index contributed by atoms with van der Waals surface area (Å²) in [6.07, 6.45) is 3.24. The SMILES string of the molecule is CCCNC(=NC)NCCCc1ccc(OC)cc1.I. The average Bonchev–Trinajstić information content (AvgIpc) is 2.47. The number of guanidine groups is 1. The van der Waals surface area contributed by atoms with E-state index in [1.807, 2.05) is 12.1 Å². The van der Waals surface area contributed by atoms with Crippen LogP contribution in [-0.2, 0) is 6.42 Å². The number of nitrogens with one attached hydrogen (secondary N) is 2. The van der Waals surface area contributed by atoms with Gasteiger partial charge in [-0.1, -0.05) is 19.1 Å². The molecule has 0 saturated heterocycles. The summed E-state index contributed by atoms with van der Waals surface area (Å²) >= 11 is 0. The molecule has 20 heavy (non-hydrogen) atoms. The van der Waals surface area contributed by atoms with E-state index in [4.69, 9.17) is 4.74 Å². The van der Waals surface area contributed by atoms with E-state index in [2.05, 4.69) is 34.7 Å². The number of hydrogen-bond donors (Lipinski definition) is 2. The Labute approximate surface area is 139 Å². The fraction of sp³-hybridized carbons (Fsp3) is 0.533. The number of aryl methyl sites for hydroxylation is 1. The average molecular weight is 391 g/mol. The molecule has 0 saturated carbocycles. The zero-order valence-corrected chi connectivity index (χ0v) is 14.9. The number of ether oxygens (including phenoxy) is 1. The molecule has 114 valence electrons. The highest BCUT2D eigenvalue weighted by Crippen LogP contribution is 2.12. The first-order valence-corrected chi connectivity index (χ1v) is 6.87. The molecular weight excluding hydrogens is 365 g/mol. The molecule has 4 nitrogen and oxygen atoms in total. The number of methoxy groups -OCH3 is 1. The first kappa shape index (κ1) is 19.0. The summed E-state index contributed by atoms with van der Waals surface area (Å²) in [4.78, 5) is 4.17. The standard InChI is InChI=1S/C15H25N3O.HI/c1-4-11-17-15(16-2)18-12-5-6-13-7-9-14(19-3)10-8-13;/h7-10H,4-6,11-12H2,1-3H3,(H2,16,17,18);1H. The molecule has 1 rings (SSSR count). The zero-order chi connectivity index (χ0) is 13.9. The molecule has 1 aromatic rings. The molecule has 0 spiro atoms. The van der Waals surface area contributed by atoms with Crippen LogP contribution in [0.4, 0.5) is 0 Å². The third-order valence-electron chi connectivity index (χ3n) is 2.86. The molecule has 0 aliphatic carbocycles.